The van der Waals surface area contributed by atoms with Gasteiger partial charge >= 0.3 is 6.03 Å². The molecule has 0 aliphatic carbocycles. The molecule has 1 aliphatic heterocycles. The smallest absolute Gasteiger partial charge is 0.319 e. The summed E-state index contributed by atoms with van der Waals surface area (Å²) in [6.07, 6.45) is 1.77. The molecule has 0 radical (unpaired) electrons. The molecule has 0 aromatic heterocycles. The van der Waals surface area contributed by atoms with Gasteiger partial charge in [-0.15, -0.1) is 0 Å². The summed E-state index contributed by atoms with van der Waals surface area (Å²) in [6.45, 7) is 3.36. The quantitative estimate of drug-likeness (QED) is 0.903. The zero-order valence-electron chi connectivity index (χ0n) is 12.3. The van der Waals surface area contributed by atoms with Gasteiger partial charge in [0.2, 0.25) is 0 Å². The second-order valence-electron chi connectivity index (χ2n) is 5.60. The molecule has 2 rings (SSSR count). The van der Waals surface area contributed by atoms with Crippen molar-refractivity contribution in [1.29, 1.82) is 0 Å². The van der Waals surface area contributed by atoms with E-state index in [0.29, 0.717) is 6.04 Å². The summed E-state index contributed by atoms with van der Waals surface area (Å²) in [4.78, 5) is 15.3. The van der Waals surface area contributed by atoms with Gasteiger partial charge in [-0.05, 0) is 43.5 Å². The number of benzene rings is 1. The van der Waals surface area contributed by atoms with Gasteiger partial charge < -0.3 is 15.1 Å². The van der Waals surface area contributed by atoms with Crippen LogP contribution in [0.3, 0.4) is 0 Å². The highest BCUT2D eigenvalue weighted by atomic mass is 19.1. The van der Waals surface area contributed by atoms with Gasteiger partial charge in [-0.25, -0.2) is 9.18 Å². The Morgan fingerprint density at radius 1 is 1.30 bits per heavy atom. The normalized spacial score (nSPS) is 16.1. The number of nitrogens with zero attached hydrogens (tertiary/aromatic N) is 2. The molecular weight excluding hydrogens is 257 g/mol. The largest absolute Gasteiger partial charge is 0.382 e. The van der Waals surface area contributed by atoms with Crippen LogP contribution in [0.4, 0.5) is 14.9 Å². The molecule has 0 spiro atoms. The highest BCUT2D eigenvalue weighted by molar-refractivity contribution is 5.73. The van der Waals surface area contributed by atoms with E-state index < -0.39 is 0 Å². The predicted octanol–water partition coefficient (Wildman–Crippen LogP) is 2.69. The van der Waals surface area contributed by atoms with Crippen molar-refractivity contribution in [2.75, 3.05) is 32.5 Å². The minimum atomic E-state index is -0.215. The number of rotatable bonds is 2. The fourth-order valence-corrected chi connectivity index (χ4v) is 2.55. The van der Waals surface area contributed by atoms with E-state index in [2.05, 4.69) is 5.32 Å². The number of piperidine rings is 1. The summed E-state index contributed by atoms with van der Waals surface area (Å²) in [6, 6.07) is 5.33. The van der Waals surface area contributed by atoms with Crippen molar-refractivity contribution in [3.05, 3.63) is 29.6 Å². The maximum absolute atomic E-state index is 13.3. The topological polar surface area (TPSA) is 35.6 Å². The fourth-order valence-electron chi connectivity index (χ4n) is 2.55. The average Bonchev–Trinajstić information content (AvgIpc) is 2.37. The number of amides is 2. The molecule has 20 heavy (non-hydrogen) atoms. The molecule has 1 saturated heterocycles. The number of aryl methyl sites for hydroxylation is 1. The Hall–Kier alpha value is -1.78. The Kier molecular flexibility index (Phi) is 4.47. The number of hydrogen-bond acceptors (Lipinski definition) is 2. The van der Waals surface area contributed by atoms with Gasteiger partial charge in [0.1, 0.15) is 5.82 Å². The van der Waals surface area contributed by atoms with Gasteiger partial charge in [0.25, 0.3) is 0 Å². The van der Waals surface area contributed by atoms with Crippen LogP contribution in [0, 0.1) is 12.7 Å². The summed E-state index contributed by atoms with van der Waals surface area (Å²) in [5.74, 6) is -0.215. The molecule has 110 valence electrons. The first kappa shape index (κ1) is 14.6. The van der Waals surface area contributed by atoms with Gasteiger partial charge in [-0.1, -0.05) is 0 Å². The van der Waals surface area contributed by atoms with Crippen molar-refractivity contribution in [3.63, 3.8) is 0 Å². The standard InChI is InChI=1S/C15H22FN3O/c1-11-8-12(16)10-14(9-11)17-13-4-6-19(7-5-13)15(20)18(2)3/h8-10,13,17H,4-7H2,1-3H3. The molecule has 1 N–H and O–H groups in total. The minimum Gasteiger partial charge on any atom is -0.382 e. The number of anilines is 1. The number of carbonyl (C=O) groups excluding carboxylic acids is 1. The summed E-state index contributed by atoms with van der Waals surface area (Å²) in [5, 5.41) is 3.36. The predicted molar refractivity (Wildman–Crippen MR) is 78.4 cm³/mol. The molecule has 1 heterocycles. The minimum absolute atomic E-state index is 0.0602. The van der Waals surface area contributed by atoms with E-state index in [1.54, 1.807) is 19.0 Å². The molecule has 1 aromatic rings. The van der Waals surface area contributed by atoms with E-state index in [9.17, 15) is 9.18 Å². The lowest BCUT2D eigenvalue weighted by Gasteiger charge is -2.34. The first-order valence-electron chi connectivity index (χ1n) is 6.95. The molecule has 5 heteroatoms. The molecule has 0 bridgehead atoms. The molecule has 1 fully saturated rings. The van der Waals surface area contributed by atoms with Gasteiger partial charge in [0, 0.05) is 38.9 Å². The van der Waals surface area contributed by atoms with Crippen molar-refractivity contribution in [2.45, 2.75) is 25.8 Å². The first-order chi connectivity index (χ1) is 9.45. The Morgan fingerprint density at radius 3 is 2.50 bits per heavy atom. The number of likely N-dealkylation sites (tertiary alicyclic amines) is 1. The number of halogens is 1. The van der Waals surface area contributed by atoms with Crippen LogP contribution in [0.1, 0.15) is 18.4 Å². The molecule has 1 aliphatic rings. The third kappa shape index (κ3) is 3.62. The monoisotopic (exact) mass is 279 g/mol. The number of carbonyl (C=O) groups is 1. The van der Waals surface area contributed by atoms with Gasteiger partial charge in [-0.2, -0.15) is 0 Å². The van der Waals surface area contributed by atoms with Crippen LogP contribution in [0.2, 0.25) is 0 Å². The zero-order valence-corrected chi connectivity index (χ0v) is 12.3. The Morgan fingerprint density at radius 2 is 1.95 bits per heavy atom. The number of urea groups is 1. The van der Waals surface area contributed by atoms with Crippen molar-refractivity contribution in [1.82, 2.24) is 9.80 Å². The van der Waals surface area contributed by atoms with Crippen LogP contribution >= 0.6 is 0 Å². The lowest BCUT2D eigenvalue weighted by Crippen LogP contribution is -2.46. The summed E-state index contributed by atoms with van der Waals surface area (Å²) in [5.41, 5.74) is 1.73. The highest BCUT2D eigenvalue weighted by Crippen LogP contribution is 2.19. The van der Waals surface area contributed by atoms with Crippen LogP contribution < -0.4 is 5.32 Å². The average molecular weight is 279 g/mol. The lowest BCUT2D eigenvalue weighted by molar-refractivity contribution is 0.158. The van der Waals surface area contributed by atoms with Gasteiger partial charge in [0.15, 0.2) is 0 Å². The summed E-state index contributed by atoms with van der Waals surface area (Å²) >= 11 is 0. The molecule has 0 saturated carbocycles. The molecule has 0 atom stereocenters. The molecule has 1 aromatic carbocycles. The van der Waals surface area contributed by atoms with Crippen molar-refractivity contribution in [3.8, 4) is 0 Å². The molecule has 4 nitrogen and oxygen atoms in total. The SMILES string of the molecule is Cc1cc(F)cc(NC2CCN(C(=O)N(C)C)CC2)c1. The van der Waals surface area contributed by atoms with Crippen molar-refractivity contribution >= 4 is 11.7 Å². The van der Waals surface area contributed by atoms with Crippen LogP contribution in [0.15, 0.2) is 18.2 Å². The van der Waals surface area contributed by atoms with E-state index >= 15 is 0 Å². The Balaban J connectivity index is 1.90. The third-order valence-corrected chi connectivity index (χ3v) is 3.56. The van der Waals surface area contributed by atoms with Crippen LogP contribution in [0.25, 0.3) is 0 Å². The Labute approximate surface area is 119 Å². The molecule has 2 amide bonds. The van der Waals surface area contributed by atoms with Crippen LogP contribution in [-0.4, -0.2) is 49.1 Å². The zero-order chi connectivity index (χ0) is 14.7. The van der Waals surface area contributed by atoms with Crippen molar-refractivity contribution in [2.24, 2.45) is 0 Å². The van der Waals surface area contributed by atoms with Gasteiger partial charge in [-0.3, -0.25) is 0 Å². The lowest BCUT2D eigenvalue weighted by atomic mass is 10.0. The number of hydrogen-bond donors (Lipinski definition) is 1. The van der Waals surface area contributed by atoms with Gasteiger partial charge in [0.05, 0.1) is 0 Å². The third-order valence-electron chi connectivity index (χ3n) is 3.56. The van der Waals surface area contributed by atoms with Crippen molar-refractivity contribution < 1.29 is 9.18 Å². The van der Waals surface area contributed by atoms with E-state index in [1.165, 1.54) is 12.1 Å². The first-order valence-corrected chi connectivity index (χ1v) is 6.95. The van der Waals surface area contributed by atoms with E-state index in [4.69, 9.17) is 0 Å². The van der Waals surface area contributed by atoms with Crippen LogP contribution in [-0.2, 0) is 0 Å². The van der Waals surface area contributed by atoms with E-state index in [0.717, 1.165) is 37.2 Å². The van der Waals surface area contributed by atoms with E-state index in [1.807, 2.05) is 17.9 Å². The summed E-state index contributed by atoms with van der Waals surface area (Å²) < 4.78 is 13.3. The second-order valence-corrected chi connectivity index (χ2v) is 5.60. The Bertz CT molecular complexity index is 462. The van der Waals surface area contributed by atoms with E-state index in [-0.39, 0.29) is 11.8 Å². The highest BCUT2D eigenvalue weighted by Gasteiger charge is 2.23. The fraction of sp³-hybridized carbons (Fsp3) is 0.533. The summed E-state index contributed by atoms with van der Waals surface area (Å²) in [7, 11) is 3.53. The number of nitrogens with one attached hydrogen (secondary N) is 1. The molecular formula is C15H22FN3O. The maximum Gasteiger partial charge on any atom is 0.319 e. The maximum atomic E-state index is 13.3. The second kappa shape index (κ2) is 6.11. The van der Waals surface area contributed by atoms with Crippen LogP contribution in [0.5, 0.6) is 0 Å². The molecule has 0 unspecified atom stereocenters.